The molecule has 1 heterocycles. The molecule has 0 bridgehead atoms. The van der Waals surface area contributed by atoms with Crippen molar-refractivity contribution >= 4 is 23.3 Å². The zero-order chi connectivity index (χ0) is 16.3. The van der Waals surface area contributed by atoms with E-state index in [-0.39, 0.29) is 13.0 Å². The summed E-state index contributed by atoms with van der Waals surface area (Å²) in [5.74, 6) is -1.09. The van der Waals surface area contributed by atoms with E-state index >= 15 is 0 Å². The SMILES string of the molecule is COc1ccc(Cl)cc1NC(=O)N1CCCC(C(F)(F)F)C1. The van der Waals surface area contributed by atoms with Crippen molar-refractivity contribution in [3.05, 3.63) is 23.2 Å². The number of amides is 2. The molecule has 4 nitrogen and oxygen atoms in total. The number of piperidine rings is 1. The van der Waals surface area contributed by atoms with Crippen molar-refractivity contribution in [1.29, 1.82) is 0 Å². The molecule has 2 amide bonds. The maximum atomic E-state index is 12.8. The summed E-state index contributed by atoms with van der Waals surface area (Å²) in [6.45, 7) is -0.0422. The molecule has 1 aliphatic rings. The zero-order valence-corrected chi connectivity index (χ0v) is 12.7. The second-order valence-electron chi connectivity index (χ2n) is 5.10. The predicted octanol–water partition coefficient (Wildman–Crippen LogP) is 4.15. The van der Waals surface area contributed by atoms with Gasteiger partial charge in [-0.3, -0.25) is 0 Å². The van der Waals surface area contributed by atoms with Gasteiger partial charge < -0.3 is 15.0 Å². The Bertz CT molecular complexity index is 551. The van der Waals surface area contributed by atoms with Crippen LogP contribution in [-0.4, -0.2) is 37.3 Å². The molecule has 0 aliphatic carbocycles. The van der Waals surface area contributed by atoms with Crippen LogP contribution >= 0.6 is 11.6 Å². The number of anilines is 1. The molecule has 0 radical (unpaired) electrons. The number of hydrogen-bond acceptors (Lipinski definition) is 2. The van der Waals surface area contributed by atoms with Crippen LogP contribution in [0.3, 0.4) is 0 Å². The number of methoxy groups -OCH3 is 1. The summed E-state index contributed by atoms with van der Waals surface area (Å²) in [5.41, 5.74) is 0.328. The second kappa shape index (κ2) is 6.64. The number of nitrogens with one attached hydrogen (secondary N) is 1. The number of halogens is 4. The third-order valence-electron chi connectivity index (χ3n) is 3.57. The van der Waals surface area contributed by atoms with Crippen LogP contribution in [0, 0.1) is 5.92 Å². The lowest BCUT2D eigenvalue weighted by Gasteiger charge is -2.33. The van der Waals surface area contributed by atoms with E-state index < -0.39 is 18.1 Å². The third-order valence-corrected chi connectivity index (χ3v) is 3.81. The van der Waals surface area contributed by atoms with Gasteiger partial charge in [0.2, 0.25) is 0 Å². The average molecular weight is 337 g/mol. The van der Waals surface area contributed by atoms with Crippen molar-refractivity contribution in [3.8, 4) is 5.75 Å². The number of rotatable bonds is 2. The van der Waals surface area contributed by atoms with Crippen LogP contribution in [0.15, 0.2) is 18.2 Å². The van der Waals surface area contributed by atoms with Crippen molar-refractivity contribution < 1.29 is 22.7 Å². The summed E-state index contributed by atoms with van der Waals surface area (Å²) in [4.78, 5) is 13.3. The number of alkyl halides is 3. The highest BCUT2D eigenvalue weighted by atomic mass is 35.5. The largest absolute Gasteiger partial charge is 0.495 e. The fourth-order valence-electron chi connectivity index (χ4n) is 2.40. The first-order chi connectivity index (χ1) is 10.3. The molecular formula is C14H16ClF3N2O2. The molecule has 1 saturated heterocycles. The van der Waals surface area contributed by atoms with Crippen molar-refractivity contribution in [1.82, 2.24) is 4.90 Å². The van der Waals surface area contributed by atoms with Crippen LogP contribution in [0.25, 0.3) is 0 Å². The van der Waals surface area contributed by atoms with E-state index in [0.717, 1.165) is 0 Å². The molecule has 1 aromatic rings. The Hall–Kier alpha value is -1.63. The minimum atomic E-state index is -4.29. The molecule has 1 aliphatic heterocycles. The molecule has 1 fully saturated rings. The minimum Gasteiger partial charge on any atom is -0.495 e. The van der Waals surface area contributed by atoms with Crippen molar-refractivity contribution in [2.24, 2.45) is 5.92 Å². The first-order valence-corrected chi connectivity index (χ1v) is 7.15. The number of ether oxygens (including phenoxy) is 1. The van der Waals surface area contributed by atoms with E-state index in [4.69, 9.17) is 16.3 Å². The van der Waals surface area contributed by atoms with E-state index in [1.807, 2.05) is 0 Å². The van der Waals surface area contributed by atoms with Gasteiger partial charge in [0, 0.05) is 18.1 Å². The number of carbonyl (C=O) groups is 1. The Kier molecular flexibility index (Phi) is 5.05. The fourth-order valence-corrected chi connectivity index (χ4v) is 2.57. The average Bonchev–Trinajstić information content (AvgIpc) is 2.47. The van der Waals surface area contributed by atoms with Crippen molar-refractivity contribution in [2.45, 2.75) is 19.0 Å². The molecule has 1 N–H and O–H groups in total. The van der Waals surface area contributed by atoms with Crippen LogP contribution < -0.4 is 10.1 Å². The molecule has 8 heteroatoms. The molecule has 1 aromatic carbocycles. The van der Waals surface area contributed by atoms with Crippen LogP contribution in [-0.2, 0) is 0 Å². The molecule has 1 atom stereocenters. The highest BCUT2D eigenvalue weighted by Gasteiger charge is 2.42. The molecule has 0 spiro atoms. The van der Waals surface area contributed by atoms with Gasteiger partial charge in [0.05, 0.1) is 18.7 Å². The molecule has 122 valence electrons. The normalized spacial score (nSPS) is 19.0. The van der Waals surface area contributed by atoms with Gasteiger partial charge in [-0.1, -0.05) is 11.6 Å². The molecule has 0 aromatic heterocycles. The highest BCUT2D eigenvalue weighted by molar-refractivity contribution is 6.31. The number of hydrogen-bond donors (Lipinski definition) is 1. The number of urea groups is 1. The summed E-state index contributed by atoms with van der Waals surface area (Å²) in [6.07, 6.45) is -3.91. The van der Waals surface area contributed by atoms with Crippen LogP contribution in [0.1, 0.15) is 12.8 Å². The second-order valence-corrected chi connectivity index (χ2v) is 5.54. The Labute approximate surface area is 131 Å². The van der Waals surface area contributed by atoms with Gasteiger partial charge in [-0.25, -0.2) is 4.79 Å². The highest BCUT2D eigenvalue weighted by Crippen LogP contribution is 2.34. The first kappa shape index (κ1) is 16.7. The van der Waals surface area contributed by atoms with Gasteiger partial charge in [-0.05, 0) is 31.0 Å². The smallest absolute Gasteiger partial charge is 0.393 e. The maximum absolute atomic E-state index is 12.8. The van der Waals surface area contributed by atoms with E-state index in [2.05, 4.69) is 5.32 Å². The van der Waals surface area contributed by atoms with Crippen LogP contribution in [0.4, 0.5) is 23.7 Å². The lowest BCUT2D eigenvalue weighted by molar-refractivity contribution is -0.183. The van der Waals surface area contributed by atoms with Gasteiger partial charge >= 0.3 is 12.2 Å². The molecule has 2 rings (SSSR count). The third kappa shape index (κ3) is 3.97. The Morgan fingerprint density at radius 1 is 1.45 bits per heavy atom. The maximum Gasteiger partial charge on any atom is 0.393 e. The summed E-state index contributed by atoms with van der Waals surface area (Å²) in [7, 11) is 1.43. The predicted molar refractivity (Wildman–Crippen MR) is 77.4 cm³/mol. The lowest BCUT2D eigenvalue weighted by atomic mass is 9.98. The van der Waals surface area contributed by atoms with Gasteiger partial charge in [0.25, 0.3) is 0 Å². The molecule has 1 unspecified atom stereocenters. The topological polar surface area (TPSA) is 41.6 Å². The Morgan fingerprint density at radius 3 is 2.82 bits per heavy atom. The summed E-state index contributed by atoms with van der Waals surface area (Å²) >= 11 is 5.86. The van der Waals surface area contributed by atoms with Crippen LogP contribution in [0.5, 0.6) is 5.75 Å². The quantitative estimate of drug-likeness (QED) is 0.881. The van der Waals surface area contributed by atoms with E-state index in [9.17, 15) is 18.0 Å². The molecule has 22 heavy (non-hydrogen) atoms. The fraction of sp³-hybridized carbons (Fsp3) is 0.500. The minimum absolute atomic E-state index is 0.0494. The van der Waals surface area contributed by atoms with Crippen LogP contribution in [0.2, 0.25) is 5.02 Å². The molecule has 0 saturated carbocycles. The standard InChI is InChI=1S/C14H16ClF3N2O2/c1-22-12-5-4-10(15)7-11(12)19-13(21)20-6-2-3-9(8-20)14(16,17)18/h4-5,7,9H,2-3,6,8H2,1H3,(H,19,21). The van der Waals surface area contributed by atoms with E-state index in [0.29, 0.717) is 29.4 Å². The van der Waals surface area contributed by atoms with Crippen molar-refractivity contribution in [3.63, 3.8) is 0 Å². The van der Waals surface area contributed by atoms with Gasteiger partial charge in [-0.2, -0.15) is 13.2 Å². The van der Waals surface area contributed by atoms with E-state index in [1.54, 1.807) is 12.1 Å². The monoisotopic (exact) mass is 336 g/mol. The molecular weight excluding hydrogens is 321 g/mol. The Balaban J connectivity index is 2.07. The van der Waals surface area contributed by atoms with Gasteiger partial charge in [0.1, 0.15) is 5.75 Å². The van der Waals surface area contributed by atoms with Crippen molar-refractivity contribution in [2.75, 3.05) is 25.5 Å². The summed E-state index contributed by atoms with van der Waals surface area (Å²) in [5, 5.41) is 2.95. The van der Waals surface area contributed by atoms with Gasteiger partial charge in [-0.15, -0.1) is 0 Å². The number of likely N-dealkylation sites (tertiary alicyclic amines) is 1. The number of nitrogens with zero attached hydrogens (tertiary/aromatic N) is 1. The summed E-state index contributed by atoms with van der Waals surface area (Å²) < 4.78 is 43.4. The number of carbonyl (C=O) groups excluding carboxylic acids is 1. The zero-order valence-electron chi connectivity index (χ0n) is 11.9. The number of benzene rings is 1. The first-order valence-electron chi connectivity index (χ1n) is 6.77. The van der Waals surface area contributed by atoms with E-state index in [1.165, 1.54) is 18.1 Å². The Morgan fingerprint density at radius 2 is 2.18 bits per heavy atom. The lowest BCUT2D eigenvalue weighted by Crippen LogP contribution is -2.46. The summed E-state index contributed by atoms with van der Waals surface area (Å²) in [6, 6.07) is 4.07. The van der Waals surface area contributed by atoms with Gasteiger partial charge in [0.15, 0.2) is 0 Å².